The maximum absolute atomic E-state index is 11.9. The number of anilines is 1. The Bertz CT molecular complexity index is 592. The molecule has 0 spiro atoms. The highest BCUT2D eigenvalue weighted by Crippen LogP contribution is 2.19. The number of carbonyl (C=O) groups excluding carboxylic acids is 1. The van der Waals surface area contributed by atoms with E-state index in [-0.39, 0.29) is 11.7 Å². The van der Waals surface area contributed by atoms with Gasteiger partial charge in [-0.05, 0) is 58.7 Å². The number of furan rings is 1. The number of amides is 1. The van der Waals surface area contributed by atoms with Crippen molar-refractivity contribution in [3.63, 3.8) is 0 Å². The van der Waals surface area contributed by atoms with Gasteiger partial charge in [0.1, 0.15) is 5.75 Å². The average Bonchev–Trinajstić information content (AvgIpc) is 2.95. The molecule has 0 unspecified atom stereocenters. The van der Waals surface area contributed by atoms with E-state index in [1.54, 1.807) is 12.1 Å². The largest absolute Gasteiger partial charge is 0.494 e. The summed E-state index contributed by atoms with van der Waals surface area (Å²) >= 11 is 3.17. The molecule has 1 amide bonds. The molecule has 0 aliphatic heterocycles. The summed E-state index contributed by atoms with van der Waals surface area (Å²) in [5.41, 5.74) is 0.704. The zero-order chi connectivity index (χ0) is 15.8. The van der Waals surface area contributed by atoms with Crippen LogP contribution in [0.3, 0.4) is 0 Å². The van der Waals surface area contributed by atoms with Gasteiger partial charge in [-0.2, -0.15) is 0 Å². The third-order valence-corrected chi connectivity index (χ3v) is 3.60. The lowest BCUT2D eigenvalue weighted by molar-refractivity contribution is 0.0995. The molecule has 0 bridgehead atoms. The van der Waals surface area contributed by atoms with E-state index in [0.29, 0.717) is 10.4 Å². The molecule has 0 atom stereocenters. The SMILES string of the molecule is CCCCCCOc1ccc(NC(=O)c2ccc(Br)o2)cc1. The lowest BCUT2D eigenvalue weighted by Crippen LogP contribution is -2.10. The monoisotopic (exact) mass is 365 g/mol. The minimum atomic E-state index is -0.279. The summed E-state index contributed by atoms with van der Waals surface area (Å²) in [5.74, 6) is 0.803. The standard InChI is InChI=1S/C17H20BrNO3/c1-2-3-4-5-12-21-14-8-6-13(7-9-14)19-17(20)15-10-11-16(18)22-15/h6-11H,2-5,12H2,1H3,(H,19,20). The summed E-state index contributed by atoms with van der Waals surface area (Å²) in [7, 11) is 0. The van der Waals surface area contributed by atoms with Crippen LogP contribution >= 0.6 is 15.9 Å². The van der Waals surface area contributed by atoms with Gasteiger partial charge < -0.3 is 14.5 Å². The fraction of sp³-hybridized carbons (Fsp3) is 0.353. The van der Waals surface area contributed by atoms with Crippen molar-refractivity contribution in [3.05, 3.63) is 46.8 Å². The topological polar surface area (TPSA) is 51.5 Å². The first kappa shape index (κ1) is 16.6. The van der Waals surface area contributed by atoms with Gasteiger partial charge in [0.05, 0.1) is 6.61 Å². The van der Waals surface area contributed by atoms with Gasteiger partial charge in [0, 0.05) is 5.69 Å². The van der Waals surface area contributed by atoms with Gasteiger partial charge in [-0.25, -0.2) is 0 Å². The molecule has 4 nitrogen and oxygen atoms in total. The van der Waals surface area contributed by atoms with Crippen molar-refractivity contribution in [2.75, 3.05) is 11.9 Å². The normalized spacial score (nSPS) is 10.5. The maximum Gasteiger partial charge on any atom is 0.291 e. The highest BCUT2D eigenvalue weighted by Gasteiger charge is 2.10. The Labute approximate surface area is 139 Å². The van der Waals surface area contributed by atoms with Gasteiger partial charge in [-0.3, -0.25) is 4.79 Å². The van der Waals surface area contributed by atoms with Crippen LogP contribution in [-0.2, 0) is 0 Å². The minimum Gasteiger partial charge on any atom is -0.494 e. The van der Waals surface area contributed by atoms with Crippen LogP contribution in [0, 0.1) is 0 Å². The molecule has 1 aromatic heterocycles. The Hall–Kier alpha value is -1.75. The van der Waals surface area contributed by atoms with Gasteiger partial charge in [-0.1, -0.05) is 26.2 Å². The molecule has 2 rings (SSSR count). The molecule has 1 heterocycles. The smallest absolute Gasteiger partial charge is 0.291 e. The van der Waals surface area contributed by atoms with E-state index < -0.39 is 0 Å². The third-order valence-electron chi connectivity index (χ3n) is 3.18. The summed E-state index contributed by atoms with van der Waals surface area (Å²) in [5, 5.41) is 2.77. The minimum absolute atomic E-state index is 0.267. The number of halogens is 1. The Morgan fingerprint density at radius 3 is 2.55 bits per heavy atom. The van der Waals surface area contributed by atoms with Gasteiger partial charge in [-0.15, -0.1) is 0 Å². The molecule has 0 saturated carbocycles. The van der Waals surface area contributed by atoms with Crippen LogP contribution in [0.25, 0.3) is 0 Å². The van der Waals surface area contributed by atoms with Crippen molar-refractivity contribution in [2.45, 2.75) is 32.6 Å². The van der Waals surface area contributed by atoms with E-state index in [2.05, 4.69) is 28.2 Å². The highest BCUT2D eigenvalue weighted by atomic mass is 79.9. The van der Waals surface area contributed by atoms with Crippen LogP contribution in [0.5, 0.6) is 5.75 Å². The second kappa shape index (κ2) is 8.63. The Morgan fingerprint density at radius 1 is 1.14 bits per heavy atom. The zero-order valence-corrected chi connectivity index (χ0v) is 14.2. The van der Waals surface area contributed by atoms with Gasteiger partial charge >= 0.3 is 0 Å². The second-order valence-electron chi connectivity index (χ2n) is 4.99. The molecule has 0 saturated heterocycles. The number of rotatable bonds is 8. The molecule has 118 valence electrons. The van der Waals surface area contributed by atoms with Gasteiger partial charge in [0.25, 0.3) is 5.91 Å². The van der Waals surface area contributed by atoms with Crippen LogP contribution in [0.4, 0.5) is 5.69 Å². The van der Waals surface area contributed by atoms with Crippen molar-refractivity contribution in [3.8, 4) is 5.75 Å². The van der Waals surface area contributed by atoms with Crippen molar-refractivity contribution in [2.24, 2.45) is 0 Å². The second-order valence-corrected chi connectivity index (χ2v) is 5.77. The molecule has 5 heteroatoms. The van der Waals surface area contributed by atoms with Crippen LogP contribution in [0.1, 0.15) is 43.2 Å². The third kappa shape index (κ3) is 5.22. The summed E-state index contributed by atoms with van der Waals surface area (Å²) < 4.78 is 11.4. The first-order valence-corrected chi connectivity index (χ1v) is 8.28. The Balaban J connectivity index is 1.80. The van der Waals surface area contributed by atoms with E-state index in [0.717, 1.165) is 18.8 Å². The van der Waals surface area contributed by atoms with Crippen LogP contribution in [0.2, 0.25) is 0 Å². The van der Waals surface area contributed by atoms with Crippen LogP contribution < -0.4 is 10.1 Å². The molecule has 2 aromatic rings. The molecule has 0 aliphatic carbocycles. The van der Waals surface area contributed by atoms with Gasteiger partial charge in [0.15, 0.2) is 10.4 Å². The molecule has 1 aromatic carbocycles. The first-order chi connectivity index (χ1) is 10.7. The summed E-state index contributed by atoms with van der Waals surface area (Å²) in [4.78, 5) is 11.9. The van der Waals surface area contributed by atoms with Crippen LogP contribution in [-0.4, -0.2) is 12.5 Å². The quantitative estimate of drug-likeness (QED) is 0.649. The van der Waals surface area contributed by atoms with Crippen LogP contribution in [0.15, 0.2) is 45.5 Å². The summed E-state index contributed by atoms with van der Waals surface area (Å²) in [6.07, 6.45) is 4.74. The Morgan fingerprint density at radius 2 is 1.91 bits per heavy atom. The number of hydrogen-bond donors (Lipinski definition) is 1. The maximum atomic E-state index is 11.9. The number of unbranched alkanes of at least 4 members (excludes halogenated alkanes) is 3. The van der Waals surface area contributed by atoms with Gasteiger partial charge in [0.2, 0.25) is 0 Å². The number of hydrogen-bond acceptors (Lipinski definition) is 3. The van der Waals surface area contributed by atoms with Crippen molar-refractivity contribution >= 4 is 27.5 Å². The lowest BCUT2D eigenvalue weighted by Gasteiger charge is -2.07. The number of carbonyl (C=O) groups is 1. The molecule has 0 aliphatic rings. The highest BCUT2D eigenvalue weighted by molar-refractivity contribution is 9.10. The first-order valence-electron chi connectivity index (χ1n) is 7.48. The summed E-state index contributed by atoms with van der Waals surface area (Å²) in [6.45, 7) is 2.92. The summed E-state index contributed by atoms with van der Waals surface area (Å²) in [6, 6.07) is 10.6. The lowest BCUT2D eigenvalue weighted by atomic mass is 10.2. The fourth-order valence-corrected chi connectivity index (χ4v) is 2.29. The number of nitrogens with one attached hydrogen (secondary N) is 1. The average molecular weight is 366 g/mol. The number of benzene rings is 1. The predicted molar refractivity (Wildman–Crippen MR) is 90.4 cm³/mol. The van der Waals surface area contributed by atoms with E-state index in [1.165, 1.54) is 19.3 Å². The number of ether oxygens (including phenoxy) is 1. The van der Waals surface area contributed by atoms with E-state index in [9.17, 15) is 4.79 Å². The molecule has 1 N–H and O–H groups in total. The fourth-order valence-electron chi connectivity index (χ4n) is 1.98. The predicted octanol–water partition coefficient (Wildman–Crippen LogP) is 5.25. The zero-order valence-electron chi connectivity index (χ0n) is 12.6. The molecular formula is C17H20BrNO3. The van der Waals surface area contributed by atoms with Crippen molar-refractivity contribution in [1.82, 2.24) is 0 Å². The molecule has 0 fully saturated rings. The van der Waals surface area contributed by atoms with E-state index in [1.807, 2.05) is 24.3 Å². The Kier molecular flexibility index (Phi) is 6.52. The molecule has 22 heavy (non-hydrogen) atoms. The van der Waals surface area contributed by atoms with E-state index >= 15 is 0 Å². The molecule has 0 radical (unpaired) electrons. The van der Waals surface area contributed by atoms with Crippen molar-refractivity contribution in [1.29, 1.82) is 0 Å². The van der Waals surface area contributed by atoms with Crippen molar-refractivity contribution < 1.29 is 13.9 Å². The molecular weight excluding hydrogens is 346 g/mol. The van der Waals surface area contributed by atoms with E-state index in [4.69, 9.17) is 9.15 Å².